The number of nitrogens with one attached hydrogen (secondary N) is 3. The molecule has 0 aromatic heterocycles. The number of carbonyl (C=O) groups excluding carboxylic acids is 2. The lowest BCUT2D eigenvalue weighted by Gasteiger charge is -2.26. The Morgan fingerprint density at radius 1 is 0.935 bits per heavy atom. The second-order valence-corrected chi connectivity index (χ2v) is 9.37. The van der Waals surface area contributed by atoms with E-state index in [1.54, 1.807) is 41.4 Å². The number of urea groups is 1. The minimum Gasteiger partial charge on any atom is -0.352 e. The van der Waals surface area contributed by atoms with Gasteiger partial charge in [0.15, 0.2) is 0 Å². The molecule has 1 fully saturated rings. The molecule has 1 saturated heterocycles. The van der Waals surface area contributed by atoms with Crippen molar-refractivity contribution < 1.29 is 18.0 Å². The largest absolute Gasteiger partial charge is 0.352 e. The Bertz CT molecular complexity index is 1000. The van der Waals surface area contributed by atoms with Crippen LogP contribution in [-0.4, -0.2) is 45.0 Å². The smallest absolute Gasteiger partial charge is 0.343 e. The number of sulfonamides is 1. The standard InChI is InChI=1S/C21H25ClN4O4S/c22-18-8-6-17(7-9-18)20(27)23-13-12-16-4-10-19(11-5-16)31(29,30)25-21(28)24-26-14-2-1-3-15-26/h4-11H,1-3,12-15H2,(H,23,27)(H2,24,25,28). The summed E-state index contributed by atoms with van der Waals surface area (Å²) in [6.45, 7) is 1.80. The SMILES string of the molecule is O=C(NN1CCCCC1)NS(=O)(=O)c1ccc(CCNC(=O)c2ccc(Cl)cc2)cc1. The molecule has 0 unspecified atom stereocenters. The summed E-state index contributed by atoms with van der Waals surface area (Å²) in [4.78, 5) is 24.1. The number of carbonyl (C=O) groups is 2. The van der Waals surface area contributed by atoms with Crippen LogP contribution in [0.15, 0.2) is 53.4 Å². The number of benzene rings is 2. The van der Waals surface area contributed by atoms with Crippen molar-refractivity contribution in [3.8, 4) is 0 Å². The van der Waals surface area contributed by atoms with Gasteiger partial charge in [-0.05, 0) is 61.2 Å². The minimum absolute atomic E-state index is 0.00440. The van der Waals surface area contributed by atoms with Crippen LogP contribution >= 0.6 is 11.6 Å². The van der Waals surface area contributed by atoms with Crippen molar-refractivity contribution >= 4 is 33.6 Å². The molecule has 2 aromatic rings. The third kappa shape index (κ3) is 6.95. The number of rotatable bonds is 7. The van der Waals surface area contributed by atoms with Crippen LogP contribution < -0.4 is 15.5 Å². The third-order valence-electron chi connectivity index (χ3n) is 4.88. The van der Waals surface area contributed by atoms with Crippen molar-refractivity contribution in [2.75, 3.05) is 19.6 Å². The number of hydrogen-bond acceptors (Lipinski definition) is 5. The van der Waals surface area contributed by atoms with E-state index in [2.05, 4.69) is 10.7 Å². The number of halogens is 1. The highest BCUT2D eigenvalue weighted by molar-refractivity contribution is 7.90. The number of amides is 3. The Morgan fingerprint density at radius 3 is 2.23 bits per heavy atom. The van der Waals surface area contributed by atoms with E-state index in [4.69, 9.17) is 11.6 Å². The molecule has 166 valence electrons. The summed E-state index contributed by atoms with van der Waals surface area (Å²) in [6, 6.07) is 12.0. The molecule has 1 aliphatic heterocycles. The van der Waals surface area contributed by atoms with E-state index < -0.39 is 16.1 Å². The Morgan fingerprint density at radius 2 is 1.58 bits per heavy atom. The minimum atomic E-state index is -3.97. The van der Waals surface area contributed by atoms with Gasteiger partial charge in [0, 0.05) is 30.2 Å². The zero-order chi connectivity index (χ0) is 22.3. The van der Waals surface area contributed by atoms with E-state index in [0.29, 0.717) is 36.6 Å². The summed E-state index contributed by atoms with van der Waals surface area (Å²) in [5.74, 6) is -0.209. The van der Waals surface area contributed by atoms with Crippen LogP contribution in [0.5, 0.6) is 0 Å². The van der Waals surface area contributed by atoms with E-state index in [1.165, 1.54) is 12.1 Å². The molecule has 0 spiro atoms. The average Bonchev–Trinajstić information content (AvgIpc) is 2.75. The molecule has 0 bridgehead atoms. The summed E-state index contributed by atoms with van der Waals surface area (Å²) < 4.78 is 26.9. The van der Waals surface area contributed by atoms with Gasteiger partial charge in [-0.2, -0.15) is 0 Å². The lowest BCUT2D eigenvalue weighted by atomic mass is 10.1. The predicted molar refractivity (Wildman–Crippen MR) is 118 cm³/mol. The molecule has 31 heavy (non-hydrogen) atoms. The number of hydrogen-bond donors (Lipinski definition) is 3. The Hall–Kier alpha value is -2.62. The summed E-state index contributed by atoms with van der Waals surface area (Å²) in [7, 11) is -3.97. The Labute approximate surface area is 187 Å². The first kappa shape index (κ1) is 23.1. The van der Waals surface area contributed by atoms with Crippen molar-refractivity contribution in [3.63, 3.8) is 0 Å². The maximum Gasteiger partial charge on any atom is 0.343 e. The van der Waals surface area contributed by atoms with Crippen LogP contribution in [0, 0.1) is 0 Å². The molecule has 2 aromatic carbocycles. The van der Waals surface area contributed by atoms with Crippen LogP contribution in [0.4, 0.5) is 4.79 Å². The lowest BCUT2D eigenvalue weighted by molar-refractivity contribution is 0.0954. The van der Waals surface area contributed by atoms with E-state index in [9.17, 15) is 18.0 Å². The van der Waals surface area contributed by atoms with Gasteiger partial charge in [-0.15, -0.1) is 0 Å². The van der Waals surface area contributed by atoms with Gasteiger partial charge in [-0.3, -0.25) is 10.2 Å². The van der Waals surface area contributed by atoms with Crippen LogP contribution in [0.25, 0.3) is 0 Å². The monoisotopic (exact) mass is 464 g/mol. The quantitative estimate of drug-likeness (QED) is 0.584. The van der Waals surface area contributed by atoms with Gasteiger partial charge in [0.1, 0.15) is 0 Å². The van der Waals surface area contributed by atoms with Gasteiger partial charge in [0.05, 0.1) is 4.90 Å². The average molecular weight is 465 g/mol. The number of hydrazine groups is 1. The van der Waals surface area contributed by atoms with E-state index in [0.717, 1.165) is 24.8 Å². The van der Waals surface area contributed by atoms with Crippen molar-refractivity contribution in [2.24, 2.45) is 0 Å². The van der Waals surface area contributed by atoms with Gasteiger partial charge < -0.3 is 5.32 Å². The van der Waals surface area contributed by atoms with Crippen LogP contribution in [0.1, 0.15) is 35.2 Å². The zero-order valence-electron chi connectivity index (χ0n) is 16.9. The summed E-state index contributed by atoms with van der Waals surface area (Å²) in [5, 5.41) is 5.08. The third-order valence-corrected chi connectivity index (χ3v) is 6.48. The normalized spacial score (nSPS) is 14.6. The maximum atomic E-state index is 12.4. The Balaban J connectivity index is 1.48. The number of nitrogens with zero attached hydrogens (tertiary/aromatic N) is 1. The first-order chi connectivity index (χ1) is 14.8. The molecule has 3 N–H and O–H groups in total. The molecule has 0 radical (unpaired) electrons. The first-order valence-corrected chi connectivity index (χ1v) is 11.9. The topological polar surface area (TPSA) is 108 Å². The fourth-order valence-corrected chi connectivity index (χ4v) is 4.24. The molecule has 3 amide bonds. The molecular weight excluding hydrogens is 440 g/mol. The van der Waals surface area contributed by atoms with Gasteiger partial charge in [0.2, 0.25) is 0 Å². The molecule has 8 nitrogen and oxygen atoms in total. The van der Waals surface area contributed by atoms with Gasteiger partial charge >= 0.3 is 6.03 Å². The fraction of sp³-hybridized carbons (Fsp3) is 0.333. The van der Waals surface area contributed by atoms with Gasteiger partial charge in [-0.25, -0.2) is 22.9 Å². The highest BCUT2D eigenvalue weighted by Crippen LogP contribution is 2.12. The van der Waals surface area contributed by atoms with E-state index in [1.807, 2.05) is 4.72 Å². The molecule has 1 aliphatic rings. The van der Waals surface area contributed by atoms with Crippen molar-refractivity contribution in [1.82, 2.24) is 20.5 Å². The molecule has 3 rings (SSSR count). The molecule has 0 atom stereocenters. The molecule has 0 aliphatic carbocycles. The molecule has 10 heteroatoms. The van der Waals surface area contributed by atoms with E-state index in [-0.39, 0.29) is 10.8 Å². The first-order valence-electron chi connectivity index (χ1n) is 10.0. The molecule has 1 heterocycles. The second-order valence-electron chi connectivity index (χ2n) is 7.25. The van der Waals surface area contributed by atoms with Crippen LogP contribution in [0.2, 0.25) is 5.02 Å². The van der Waals surface area contributed by atoms with E-state index >= 15 is 0 Å². The fourth-order valence-electron chi connectivity index (χ4n) is 3.21. The van der Waals surface area contributed by atoms with Gasteiger partial charge in [0.25, 0.3) is 15.9 Å². The predicted octanol–water partition coefficient (Wildman–Crippen LogP) is 2.70. The summed E-state index contributed by atoms with van der Waals surface area (Å²) in [5.41, 5.74) is 3.94. The summed E-state index contributed by atoms with van der Waals surface area (Å²) in [6.07, 6.45) is 3.57. The van der Waals surface area contributed by atoms with Gasteiger partial charge in [-0.1, -0.05) is 30.2 Å². The molecule has 0 saturated carbocycles. The van der Waals surface area contributed by atoms with Crippen LogP contribution in [-0.2, 0) is 16.4 Å². The maximum absolute atomic E-state index is 12.4. The molecular formula is C21H25ClN4O4S. The Kier molecular flexibility index (Phi) is 7.89. The van der Waals surface area contributed by atoms with Crippen molar-refractivity contribution in [3.05, 3.63) is 64.7 Å². The van der Waals surface area contributed by atoms with Crippen molar-refractivity contribution in [2.45, 2.75) is 30.6 Å². The highest BCUT2D eigenvalue weighted by atomic mass is 35.5. The number of piperidine rings is 1. The summed E-state index contributed by atoms with van der Waals surface area (Å²) >= 11 is 5.81. The van der Waals surface area contributed by atoms with Crippen molar-refractivity contribution in [1.29, 1.82) is 0 Å². The van der Waals surface area contributed by atoms with Crippen LogP contribution in [0.3, 0.4) is 0 Å². The zero-order valence-corrected chi connectivity index (χ0v) is 18.5. The highest BCUT2D eigenvalue weighted by Gasteiger charge is 2.20. The second kappa shape index (κ2) is 10.6. The lowest BCUT2D eigenvalue weighted by Crippen LogP contribution is -2.50.